The number of benzene rings is 1. The lowest BCUT2D eigenvalue weighted by molar-refractivity contribution is 0.122. The second kappa shape index (κ2) is 8.22. The third-order valence-electron chi connectivity index (χ3n) is 11.3. The number of hydrogen-bond donors (Lipinski definition) is 0. The summed E-state index contributed by atoms with van der Waals surface area (Å²) < 4.78 is 2.96. The van der Waals surface area contributed by atoms with Gasteiger partial charge in [-0.15, -0.1) is 0 Å². The lowest BCUT2D eigenvalue weighted by Crippen LogP contribution is -2.67. The molecular weight excluding hydrogens is 474 g/mol. The maximum atomic E-state index is 2.96. The zero-order chi connectivity index (χ0) is 28.4. The Labute approximate surface area is 236 Å². The topological polar surface area (TPSA) is 3.24 Å². The standard InChI is InChI=1S/C36H57NSi/c1-32(2,3)37(33(4,5)6)38(13,14)31-16-15-23-19-27-25(20-24(23)31)26-21-29-30(22-28(26)36(27,11)12)35(9,10)18-17-34(29,7)8/h19-24,31H,15-18H2,1-14H3. The number of rotatable bonds is 2. The fraction of sp³-hybridized carbons (Fsp3) is 0.722. The van der Waals surface area contributed by atoms with Gasteiger partial charge in [-0.3, -0.25) is 0 Å². The van der Waals surface area contributed by atoms with Crippen LogP contribution >= 0.6 is 0 Å². The molecule has 1 aromatic rings. The van der Waals surface area contributed by atoms with Crippen LogP contribution in [0.5, 0.6) is 0 Å². The van der Waals surface area contributed by atoms with Crippen molar-refractivity contribution >= 4 is 13.8 Å². The van der Waals surface area contributed by atoms with Gasteiger partial charge in [-0.1, -0.05) is 85.3 Å². The zero-order valence-electron chi connectivity index (χ0n) is 27.3. The molecule has 1 saturated carbocycles. The molecule has 0 amide bonds. The third-order valence-corrected chi connectivity index (χ3v) is 16.2. The highest BCUT2D eigenvalue weighted by Crippen LogP contribution is 2.61. The van der Waals surface area contributed by atoms with Crippen LogP contribution in [0, 0.1) is 11.8 Å². The van der Waals surface area contributed by atoms with Gasteiger partial charge in [0.05, 0.1) is 0 Å². The molecule has 0 bridgehead atoms. The number of hydrogen-bond acceptors (Lipinski definition) is 1. The van der Waals surface area contributed by atoms with Crippen LogP contribution in [0.3, 0.4) is 0 Å². The van der Waals surface area contributed by atoms with Crippen molar-refractivity contribution in [1.82, 2.24) is 4.57 Å². The van der Waals surface area contributed by atoms with E-state index < -0.39 is 8.24 Å². The largest absolute Gasteiger partial charge is 0.314 e. The molecule has 0 radical (unpaired) electrons. The summed E-state index contributed by atoms with van der Waals surface area (Å²) in [6.45, 7) is 34.9. The Hall–Kier alpha value is -1.12. The van der Waals surface area contributed by atoms with Gasteiger partial charge in [-0.05, 0) is 122 Å². The van der Waals surface area contributed by atoms with E-state index in [4.69, 9.17) is 0 Å². The van der Waals surface area contributed by atoms with Gasteiger partial charge in [0.15, 0.2) is 0 Å². The minimum Gasteiger partial charge on any atom is -0.314 e. The van der Waals surface area contributed by atoms with Crippen LogP contribution in [0.4, 0.5) is 0 Å². The molecule has 1 aromatic carbocycles. The molecule has 4 aliphatic carbocycles. The van der Waals surface area contributed by atoms with Crippen LogP contribution in [0.25, 0.3) is 5.57 Å². The molecule has 210 valence electrons. The van der Waals surface area contributed by atoms with Gasteiger partial charge in [0.2, 0.25) is 0 Å². The maximum absolute atomic E-state index is 2.96. The number of fused-ring (bicyclic) bond motifs is 5. The molecule has 3 unspecified atom stereocenters. The predicted octanol–water partition coefficient (Wildman–Crippen LogP) is 10.2. The molecule has 0 N–H and O–H groups in total. The van der Waals surface area contributed by atoms with Gasteiger partial charge in [-0.2, -0.15) is 0 Å². The van der Waals surface area contributed by atoms with E-state index in [9.17, 15) is 0 Å². The van der Waals surface area contributed by atoms with Crippen LogP contribution in [0.2, 0.25) is 18.6 Å². The van der Waals surface area contributed by atoms with Crippen LogP contribution in [-0.4, -0.2) is 23.9 Å². The lowest BCUT2D eigenvalue weighted by Gasteiger charge is -2.57. The first-order chi connectivity index (χ1) is 17.1. The second-order valence-corrected chi connectivity index (χ2v) is 22.2. The summed E-state index contributed by atoms with van der Waals surface area (Å²) in [4.78, 5) is 0. The summed E-state index contributed by atoms with van der Waals surface area (Å²) in [5.41, 5.74) is 11.3. The summed E-state index contributed by atoms with van der Waals surface area (Å²) in [5, 5.41) is 0. The van der Waals surface area contributed by atoms with Gasteiger partial charge in [0.1, 0.15) is 8.24 Å². The molecule has 3 atom stereocenters. The van der Waals surface area contributed by atoms with Crippen LogP contribution in [0.1, 0.15) is 131 Å². The van der Waals surface area contributed by atoms with E-state index >= 15 is 0 Å². The normalized spacial score (nSPS) is 29.3. The minimum absolute atomic E-state index is 0.0900. The fourth-order valence-electron chi connectivity index (χ4n) is 10.1. The van der Waals surface area contributed by atoms with Gasteiger partial charge in [-0.25, -0.2) is 0 Å². The van der Waals surface area contributed by atoms with Crippen molar-refractivity contribution < 1.29 is 0 Å². The average molecular weight is 532 g/mol. The summed E-state index contributed by atoms with van der Waals surface area (Å²) in [6, 6.07) is 5.31. The summed E-state index contributed by atoms with van der Waals surface area (Å²) in [6.07, 6.45) is 10.9. The molecule has 0 heterocycles. The zero-order valence-corrected chi connectivity index (χ0v) is 28.3. The Morgan fingerprint density at radius 1 is 0.737 bits per heavy atom. The molecule has 38 heavy (non-hydrogen) atoms. The fourth-order valence-corrected chi connectivity index (χ4v) is 16.0. The van der Waals surface area contributed by atoms with Gasteiger partial charge in [0.25, 0.3) is 0 Å². The quantitative estimate of drug-likeness (QED) is 0.343. The summed E-state index contributed by atoms with van der Waals surface area (Å²) in [7, 11) is -1.76. The summed E-state index contributed by atoms with van der Waals surface area (Å²) in [5.74, 6) is 1.37. The highest BCUT2D eigenvalue weighted by Gasteiger charge is 2.54. The third kappa shape index (κ3) is 4.09. The predicted molar refractivity (Wildman–Crippen MR) is 170 cm³/mol. The van der Waals surface area contributed by atoms with Gasteiger partial charge >= 0.3 is 0 Å². The van der Waals surface area contributed by atoms with Crippen molar-refractivity contribution in [1.29, 1.82) is 0 Å². The first-order valence-electron chi connectivity index (χ1n) is 15.5. The lowest BCUT2D eigenvalue weighted by atomic mass is 9.62. The van der Waals surface area contributed by atoms with E-state index in [1.807, 2.05) is 0 Å². The SMILES string of the molecule is CC1(C)CCC(C)(C)c2cc3c(cc21)C1=CC2C(C=C1C3(C)C)CCC2[Si](C)(C)N(C(C)(C)C)C(C)(C)C. The first-order valence-corrected chi connectivity index (χ1v) is 18.6. The van der Waals surface area contributed by atoms with E-state index in [2.05, 4.69) is 125 Å². The Morgan fingerprint density at radius 2 is 1.26 bits per heavy atom. The highest BCUT2D eigenvalue weighted by atomic mass is 28.3. The van der Waals surface area contributed by atoms with E-state index in [0.717, 1.165) is 5.54 Å². The van der Waals surface area contributed by atoms with Crippen molar-refractivity contribution in [3.63, 3.8) is 0 Å². The average Bonchev–Trinajstić information content (AvgIpc) is 3.25. The van der Waals surface area contributed by atoms with Crippen LogP contribution < -0.4 is 0 Å². The first kappa shape index (κ1) is 28.4. The molecule has 4 aliphatic rings. The highest BCUT2D eigenvalue weighted by molar-refractivity contribution is 6.76. The minimum atomic E-state index is -1.76. The van der Waals surface area contributed by atoms with Crippen LogP contribution in [0.15, 0.2) is 29.9 Å². The molecule has 0 saturated heterocycles. The molecule has 0 aromatic heterocycles. The Bertz CT molecular complexity index is 1190. The molecule has 2 heteroatoms. The van der Waals surface area contributed by atoms with Crippen molar-refractivity contribution in [2.45, 2.75) is 155 Å². The molecule has 1 nitrogen and oxygen atoms in total. The van der Waals surface area contributed by atoms with Crippen molar-refractivity contribution in [2.75, 3.05) is 0 Å². The molecule has 5 rings (SSSR count). The van der Waals surface area contributed by atoms with E-state index in [0.29, 0.717) is 11.8 Å². The van der Waals surface area contributed by atoms with Crippen molar-refractivity contribution in [3.05, 3.63) is 52.1 Å². The molecule has 0 spiro atoms. The monoisotopic (exact) mass is 531 g/mol. The van der Waals surface area contributed by atoms with E-state index in [1.165, 1.54) is 25.7 Å². The van der Waals surface area contributed by atoms with Crippen LogP contribution in [-0.2, 0) is 16.2 Å². The summed E-state index contributed by atoms with van der Waals surface area (Å²) >= 11 is 0. The van der Waals surface area contributed by atoms with Gasteiger partial charge in [0, 0.05) is 16.5 Å². The number of allylic oxidation sites excluding steroid dienone is 4. The van der Waals surface area contributed by atoms with E-state index in [1.54, 1.807) is 33.4 Å². The second-order valence-electron chi connectivity index (χ2n) is 17.8. The molecular formula is C36H57NSi. The Kier molecular flexibility index (Phi) is 6.14. The molecule has 1 fully saturated rings. The van der Waals surface area contributed by atoms with Crippen molar-refractivity contribution in [2.24, 2.45) is 11.8 Å². The number of nitrogens with zero attached hydrogens (tertiary/aromatic N) is 1. The van der Waals surface area contributed by atoms with Gasteiger partial charge < -0.3 is 4.57 Å². The van der Waals surface area contributed by atoms with Crippen molar-refractivity contribution in [3.8, 4) is 0 Å². The van der Waals surface area contributed by atoms with E-state index in [-0.39, 0.29) is 27.3 Å². The Balaban J connectivity index is 1.64. The smallest absolute Gasteiger partial charge is 0.126 e. The maximum Gasteiger partial charge on any atom is 0.126 e. The Morgan fingerprint density at radius 3 is 1.79 bits per heavy atom. The molecule has 0 aliphatic heterocycles.